The van der Waals surface area contributed by atoms with Crippen LogP contribution in [0, 0.1) is 11.6 Å². The van der Waals surface area contributed by atoms with Crippen LogP contribution in [0.3, 0.4) is 0 Å². The van der Waals surface area contributed by atoms with E-state index in [1.807, 2.05) is 42.5 Å². The Balaban J connectivity index is 1.35. The van der Waals surface area contributed by atoms with Crippen molar-refractivity contribution in [1.82, 2.24) is 0 Å². The Hall–Kier alpha value is -3.95. The third-order valence-corrected chi connectivity index (χ3v) is 8.56. The van der Waals surface area contributed by atoms with Gasteiger partial charge in [-0.2, -0.15) is 0 Å². The van der Waals surface area contributed by atoms with Crippen molar-refractivity contribution in [2.45, 2.75) is 38.2 Å². The lowest BCUT2D eigenvalue weighted by Gasteiger charge is -2.16. The summed E-state index contributed by atoms with van der Waals surface area (Å²) in [6.07, 6.45) is -0.222. The number of anilines is 1. The number of carbonyl (C=O) groups is 2. The molecule has 10 heteroatoms. The van der Waals surface area contributed by atoms with Crippen molar-refractivity contribution in [3.8, 4) is 27.3 Å². The van der Waals surface area contributed by atoms with Crippen molar-refractivity contribution in [3.63, 3.8) is 0 Å². The van der Waals surface area contributed by atoms with E-state index in [4.69, 9.17) is 25.8 Å². The molecule has 3 aromatic carbocycles. The Bertz CT molecular complexity index is 1630. The molecular weight excluding hydrogens is 584 g/mol. The van der Waals surface area contributed by atoms with Gasteiger partial charge in [0.1, 0.15) is 23.5 Å². The van der Waals surface area contributed by atoms with Crippen molar-refractivity contribution >= 4 is 40.7 Å². The summed E-state index contributed by atoms with van der Waals surface area (Å²) in [6.45, 7) is 3.65. The quantitative estimate of drug-likeness (QED) is 0.191. The molecule has 0 radical (unpaired) electrons. The van der Waals surface area contributed by atoms with Crippen LogP contribution in [0.25, 0.3) is 21.6 Å². The van der Waals surface area contributed by atoms with Crippen molar-refractivity contribution < 1.29 is 32.6 Å². The minimum atomic E-state index is -0.957. The number of rotatable bonds is 9. The van der Waals surface area contributed by atoms with E-state index in [0.29, 0.717) is 27.3 Å². The highest BCUT2D eigenvalue weighted by atomic mass is 35.5. The number of methoxy groups -OCH3 is 1. The second-order valence-electron chi connectivity index (χ2n) is 9.93. The van der Waals surface area contributed by atoms with Crippen molar-refractivity contribution in [2.24, 2.45) is 0 Å². The molecule has 0 saturated heterocycles. The SMILES string of the molecule is CCOC(=O)C1(c2ccc(-c3ccc(-c4sc(Cl)cc4NC(=O)OC(C)c4ccc(F)cc4F)cc3OC)cc2)CC1. The molecule has 1 heterocycles. The van der Waals surface area contributed by atoms with E-state index in [9.17, 15) is 18.4 Å². The number of hydrogen-bond acceptors (Lipinski definition) is 6. The van der Waals surface area contributed by atoms with Gasteiger partial charge in [-0.25, -0.2) is 13.6 Å². The second kappa shape index (κ2) is 12.1. The van der Waals surface area contributed by atoms with Crippen LogP contribution in [-0.4, -0.2) is 25.8 Å². The lowest BCUT2D eigenvalue weighted by Crippen LogP contribution is -2.23. The summed E-state index contributed by atoms with van der Waals surface area (Å²) in [4.78, 5) is 25.8. The van der Waals surface area contributed by atoms with Gasteiger partial charge in [-0.3, -0.25) is 10.1 Å². The summed E-state index contributed by atoms with van der Waals surface area (Å²) >= 11 is 7.57. The van der Waals surface area contributed by atoms with E-state index in [1.165, 1.54) is 24.3 Å². The van der Waals surface area contributed by atoms with Crippen molar-refractivity contribution in [2.75, 3.05) is 19.0 Å². The van der Waals surface area contributed by atoms with Crippen LogP contribution in [0.15, 0.2) is 66.7 Å². The molecule has 1 atom stereocenters. The van der Waals surface area contributed by atoms with Crippen LogP contribution in [0.2, 0.25) is 4.34 Å². The Morgan fingerprint density at radius 1 is 1.02 bits per heavy atom. The number of ether oxygens (including phenoxy) is 3. The van der Waals surface area contributed by atoms with Crippen LogP contribution in [0.4, 0.5) is 19.3 Å². The fraction of sp³-hybridized carbons (Fsp3) is 0.250. The number of thiophene rings is 1. The zero-order valence-corrected chi connectivity index (χ0v) is 24.7. The maximum Gasteiger partial charge on any atom is 0.412 e. The van der Waals surface area contributed by atoms with E-state index < -0.39 is 29.2 Å². The molecule has 1 fully saturated rings. The lowest BCUT2D eigenvalue weighted by atomic mass is 9.93. The largest absolute Gasteiger partial charge is 0.496 e. The summed E-state index contributed by atoms with van der Waals surface area (Å²) in [5.41, 5.74) is 3.36. The molecule has 1 aliphatic carbocycles. The number of carbonyl (C=O) groups excluding carboxylic acids is 2. The Morgan fingerprint density at radius 3 is 2.38 bits per heavy atom. The zero-order valence-electron chi connectivity index (χ0n) is 23.1. The predicted molar refractivity (Wildman–Crippen MR) is 159 cm³/mol. The molecule has 1 saturated carbocycles. The molecule has 1 amide bonds. The summed E-state index contributed by atoms with van der Waals surface area (Å²) in [7, 11) is 1.57. The van der Waals surface area contributed by atoms with Gasteiger partial charge in [-0.1, -0.05) is 48.0 Å². The summed E-state index contributed by atoms with van der Waals surface area (Å²) in [6, 6.07) is 18.2. The second-order valence-corrected chi connectivity index (χ2v) is 11.6. The molecule has 0 spiro atoms. The first-order valence-electron chi connectivity index (χ1n) is 13.3. The fourth-order valence-electron chi connectivity index (χ4n) is 4.91. The van der Waals surface area contributed by atoms with Crippen LogP contribution in [0.1, 0.15) is 43.9 Å². The summed E-state index contributed by atoms with van der Waals surface area (Å²) in [5.74, 6) is -1.10. The highest BCUT2D eigenvalue weighted by Gasteiger charge is 2.52. The van der Waals surface area contributed by atoms with Crippen LogP contribution in [0.5, 0.6) is 5.75 Å². The topological polar surface area (TPSA) is 73.9 Å². The van der Waals surface area contributed by atoms with E-state index in [2.05, 4.69) is 5.32 Å². The normalized spacial score (nSPS) is 14.1. The molecule has 218 valence electrons. The van der Waals surface area contributed by atoms with Crippen molar-refractivity contribution in [3.05, 3.63) is 93.8 Å². The van der Waals surface area contributed by atoms with Gasteiger partial charge >= 0.3 is 12.1 Å². The number of nitrogens with one attached hydrogen (secondary N) is 1. The predicted octanol–water partition coefficient (Wildman–Crippen LogP) is 8.93. The molecule has 1 N–H and O–H groups in total. The minimum absolute atomic E-state index is 0.0525. The third kappa shape index (κ3) is 5.98. The highest BCUT2D eigenvalue weighted by Crippen LogP contribution is 2.50. The fourth-order valence-corrected chi connectivity index (χ4v) is 6.08. The maximum absolute atomic E-state index is 14.1. The number of benzene rings is 3. The standard InChI is InChI=1S/C32H28ClF2NO5S/c1-4-40-30(37)32(13-14-32)21-8-5-19(6-9-21)24-11-7-20(15-27(24)39-3)29-26(17-28(33)42-29)36-31(38)41-18(2)23-12-10-22(34)16-25(23)35/h5-12,15-18H,4,13-14H2,1-3H3,(H,36,38). The number of amides is 1. The summed E-state index contributed by atoms with van der Waals surface area (Å²) < 4.78 is 44.2. The van der Waals surface area contributed by atoms with Gasteiger partial charge in [0.25, 0.3) is 0 Å². The Kier molecular flexibility index (Phi) is 8.52. The van der Waals surface area contributed by atoms with Crippen LogP contribution < -0.4 is 10.1 Å². The molecule has 1 aliphatic rings. The molecule has 42 heavy (non-hydrogen) atoms. The van der Waals surface area contributed by atoms with Crippen LogP contribution in [-0.2, 0) is 19.7 Å². The van der Waals surface area contributed by atoms with E-state index in [0.717, 1.165) is 47.2 Å². The first-order chi connectivity index (χ1) is 20.1. The average molecular weight is 612 g/mol. The first kappa shape index (κ1) is 29.5. The first-order valence-corrected chi connectivity index (χ1v) is 14.5. The van der Waals surface area contributed by atoms with Gasteiger partial charge in [-0.15, -0.1) is 11.3 Å². The van der Waals surface area contributed by atoms with Gasteiger partial charge in [0.15, 0.2) is 0 Å². The van der Waals surface area contributed by atoms with Gasteiger partial charge < -0.3 is 14.2 Å². The van der Waals surface area contributed by atoms with E-state index >= 15 is 0 Å². The minimum Gasteiger partial charge on any atom is -0.496 e. The average Bonchev–Trinajstić information content (AvgIpc) is 3.70. The molecule has 0 bridgehead atoms. The molecule has 6 nitrogen and oxygen atoms in total. The Morgan fingerprint density at radius 2 is 1.74 bits per heavy atom. The highest BCUT2D eigenvalue weighted by molar-refractivity contribution is 7.20. The van der Waals surface area contributed by atoms with Gasteiger partial charge in [-0.05, 0) is 67.6 Å². The molecule has 1 aromatic heterocycles. The smallest absolute Gasteiger partial charge is 0.412 e. The maximum atomic E-state index is 14.1. The lowest BCUT2D eigenvalue weighted by molar-refractivity contribution is -0.146. The monoisotopic (exact) mass is 611 g/mol. The summed E-state index contributed by atoms with van der Waals surface area (Å²) in [5, 5.41) is 2.68. The third-order valence-electron chi connectivity index (χ3n) is 7.25. The van der Waals surface area contributed by atoms with E-state index in [-0.39, 0.29) is 11.5 Å². The van der Waals surface area contributed by atoms with Gasteiger partial charge in [0.2, 0.25) is 0 Å². The zero-order chi connectivity index (χ0) is 30.0. The van der Waals surface area contributed by atoms with Gasteiger partial charge in [0, 0.05) is 17.2 Å². The molecule has 0 aliphatic heterocycles. The van der Waals surface area contributed by atoms with E-state index in [1.54, 1.807) is 20.1 Å². The van der Waals surface area contributed by atoms with Crippen LogP contribution >= 0.6 is 22.9 Å². The Labute approximate surface area is 251 Å². The van der Waals surface area contributed by atoms with Gasteiger partial charge in [0.05, 0.1) is 34.0 Å². The molecule has 1 unspecified atom stereocenters. The number of hydrogen-bond donors (Lipinski definition) is 1. The number of esters is 1. The molecular formula is C32H28ClF2NO5S. The molecule has 4 aromatic rings. The van der Waals surface area contributed by atoms with Crippen molar-refractivity contribution in [1.29, 1.82) is 0 Å². The molecule has 5 rings (SSSR count). The number of halogens is 3.